The van der Waals surface area contributed by atoms with Crippen LogP contribution in [0.3, 0.4) is 0 Å². The molecule has 0 bridgehead atoms. The standard InChI is InChI=1S/C4H6O5S.CH4/c1-2-4(5)9-3-10(6,7)8;/h2H,1,3H2,(H,6,7,8);1H4. The summed E-state index contributed by atoms with van der Waals surface area (Å²) in [6.07, 6.45) is 0.797. The van der Waals surface area contributed by atoms with Crippen LogP contribution < -0.4 is 0 Å². The zero-order chi connectivity index (χ0) is 8.20. The Labute approximate surface area is 65.4 Å². The van der Waals surface area contributed by atoms with Crippen molar-refractivity contribution in [2.75, 3.05) is 5.94 Å². The van der Waals surface area contributed by atoms with E-state index in [9.17, 15) is 13.2 Å². The average molecular weight is 182 g/mol. The van der Waals surface area contributed by atoms with Crippen LogP contribution in [0.15, 0.2) is 12.7 Å². The molecular formula is C5H10O5S. The highest BCUT2D eigenvalue weighted by Crippen LogP contribution is 1.85. The number of carbonyl (C=O) groups excluding carboxylic acids is 1. The molecule has 0 amide bonds. The minimum absolute atomic E-state index is 0. The monoisotopic (exact) mass is 182 g/mol. The van der Waals surface area contributed by atoms with E-state index in [4.69, 9.17) is 4.55 Å². The van der Waals surface area contributed by atoms with Gasteiger partial charge in [-0.1, -0.05) is 14.0 Å². The number of ether oxygens (including phenoxy) is 1. The Morgan fingerprint density at radius 2 is 2.09 bits per heavy atom. The smallest absolute Gasteiger partial charge is 0.331 e. The van der Waals surface area contributed by atoms with Crippen molar-refractivity contribution in [2.45, 2.75) is 7.43 Å². The van der Waals surface area contributed by atoms with Crippen LogP contribution in [-0.4, -0.2) is 24.9 Å². The molecule has 0 saturated carbocycles. The number of esters is 1. The molecule has 0 unspecified atom stereocenters. The van der Waals surface area contributed by atoms with Gasteiger partial charge in [0.05, 0.1) is 0 Å². The molecule has 0 aliphatic rings. The van der Waals surface area contributed by atoms with Crippen molar-refractivity contribution in [3.05, 3.63) is 12.7 Å². The minimum Gasteiger partial charge on any atom is -0.444 e. The highest BCUT2D eigenvalue weighted by molar-refractivity contribution is 7.85. The number of hydrogen-bond acceptors (Lipinski definition) is 4. The van der Waals surface area contributed by atoms with E-state index in [1.807, 2.05) is 0 Å². The summed E-state index contributed by atoms with van der Waals surface area (Å²) in [6.45, 7) is 3.01. The van der Waals surface area contributed by atoms with Crippen LogP contribution >= 0.6 is 0 Å². The van der Waals surface area contributed by atoms with Gasteiger partial charge in [-0.15, -0.1) is 0 Å². The molecule has 0 fully saturated rings. The van der Waals surface area contributed by atoms with Gasteiger partial charge in [-0.25, -0.2) is 4.79 Å². The van der Waals surface area contributed by atoms with Gasteiger partial charge >= 0.3 is 16.1 Å². The van der Waals surface area contributed by atoms with Gasteiger partial charge in [-0.2, -0.15) is 8.42 Å². The molecular weight excluding hydrogens is 172 g/mol. The first kappa shape index (κ1) is 12.8. The number of hydrogen-bond donors (Lipinski definition) is 1. The van der Waals surface area contributed by atoms with Crippen LogP contribution in [0.1, 0.15) is 7.43 Å². The highest BCUT2D eigenvalue weighted by atomic mass is 32.2. The van der Waals surface area contributed by atoms with E-state index in [0.717, 1.165) is 6.08 Å². The Morgan fingerprint density at radius 1 is 1.64 bits per heavy atom. The fraction of sp³-hybridized carbons (Fsp3) is 0.400. The molecule has 0 aromatic carbocycles. The molecule has 0 heterocycles. The zero-order valence-corrected chi connectivity index (χ0v) is 5.80. The third-order valence-electron chi connectivity index (χ3n) is 0.517. The van der Waals surface area contributed by atoms with E-state index in [-0.39, 0.29) is 7.43 Å². The number of rotatable bonds is 3. The van der Waals surface area contributed by atoms with Crippen molar-refractivity contribution < 1.29 is 22.5 Å². The van der Waals surface area contributed by atoms with Gasteiger partial charge in [-0.05, 0) is 0 Å². The fourth-order valence-corrected chi connectivity index (χ4v) is 0.457. The largest absolute Gasteiger partial charge is 0.444 e. The van der Waals surface area contributed by atoms with Gasteiger partial charge in [0, 0.05) is 6.08 Å². The Morgan fingerprint density at radius 3 is 2.36 bits per heavy atom. The van der Waals surface area contributed by atoms with E-state index in [2.05, 4.69) is 11.3 Å². The molecule has 0 saturated heterocycles. The maximum atomic E-state index is 10.1. The van der Waals surface area contributed by atoms with E-state index in [1.165, 1.54) is 0 Å². The molecule has 0 aliphatic carbocycles. The first-order valence-electron chi connectivity index (χ1n) is 2.20. The maximum absolute atomic E-state index is 10.1. The second-order valence-corrected chi connectivity index (χ2v) is 2.77. The predicted octanol–water partition coefficient (Wildman–Crippen LogP) is 0.197. The first-order valence-corrected chi connectivity index (χ1v) is 3.81. The quantitative estimate of drug-likeness (QED) is 0.383. The van der Waals surface area contributed by atoms with Gasteiger partial charge in [0.1, 0.15) is 0 Å². The molecule has 66 valence electrons. The van der Waals surface area contributed by atoms with Gasteiger partial charge in [-0.3, -0.25) is 4.55 Å². The van der Waals surface area contributed by atoms with E-state index >= 15 is 0 Å². The van der Waals surface area contributed by atoms with Crippen LogP contribution in [0.4, 0.5) is 0 Å². The lowest BCUT2D eigenvalue weighted by molar-refractivity contribution is -0.135. The lowest BCUT2D eigenvalue weighted by Crippen LogP contribution is -2.11. The van der Waals surface area contributed by atoms with Crippen molar-refractivity contribution in [1.29, 1.82) is 0 Å². The van der Waals surface area contributed by atoms with Gasteiger partial charge in [0.2, 0.25) is 5.94 Å². The summed E-state index contributed by atoms with van der Waals surface area (Å²) in [5, 5.41) is 0. The molecule has 0 rings (SSSR count). The molecule has 1 N–H and O–H groups in total. The van der Waals surface area contributed by atoms with Crippen molar-refractivity contribution >= 4 is 16.1 Å². The summed E-state index contributed by atoms with van der Waals surface area (Å²) >= 11 is 0. The van der Waals surface area contributed by atoms with Crippen LogP contribution in [-0.2, 0) is 19.6 Å². The van der Waals surface area contributed by atoms with Crippen molar-refractivity contribution in [1.82, 2.24) is 0 Å². The normalized spacial score (nSPS) is 9.55. The Balaban J connectivity index is 0. The maximum Gasteiger partial charge on any atom is 0.331 e. The highest BCUT2D eigenvalue weighted by Gasteiger charge is 2.06. The molecule has 5 nitrogen and oxygen atoms in total. The lowest BCUT2D eigenvalue weighted by Gasteiger charge is -1.95. The van der Waals surface area contributed by atoms with Crippen LogP contribution in [0.25, 0.3) is 0 Å². The Bertz CT molecular complexity index is 227. The van der Waals surface area contributed by atoms with Gasteiger partial charge in [0.25, 0.3) is 0 Å². The molecule has 11 heavy (non-hydrogen) atoms. The molecule has 0 aromatic heterocycles. The molecule has 0 radical (unpaired) electrons. The van der Waals surface area contributed by atoms with E-state index < -0.39 is 22.0 Å². The van der Waals surface area contributed by atoms with Crippen LogP contribution in [0, 0.1) is 0 Å². The lowest BCUT2D eigenvalue weighted by atomic mass is 10.7. The van der Waals surface area contributed by atoms with Crippen molar-refractivity contribution in [2.24, 2.45) is 0 Å². The topological polar surface area (TPSA) is 80.7 Å². The van der Waals surface area contributed by atoms with Gasteiger partial charge < -0.3 is 4.74 Å². The molecule has 0 aliphatic heterocycles. The molecule has 0 atom stereocenters. The average Bonchev–Trinajstić information content (AvgIpc) is 1.81. The fourth-order valence-electron chi connectivity index (χ4n) is 0.191. The second kappa shape index (κ2) is 4.86. The van der Waals surface area contributed by atoms with E-state index in [1.54, 1.807) is 0 Å². The van der Waals surface area contributed by atoms with Crippen molar-refractivity contribution in [3.63, 3.8) is 0 Å². The molecule has 0 aromatic rings. The third-order valence-corrected chi connectivity index (χ3v) is 0.932. The summed E-state index contributed by atoms with van der Waals surface area (Å²) in [5.41, 5.74) is 0. The summed E-state index contributed by atoms with van der Waals surface area (Å²) < 4.78 is 31.8. The summed E-state index contributed by atoms with van der Waals surface area (Å²) in [5.74, 6) is -1.92. The summed E-state index contributed by atoms with van der Waals surface area (Å²) in [6, 6.07) is 0. The molecule has 6 heteroatoms. The van der Waals surface area contributed by atoms with Gasteiger partial charge in [0.15, 0.2) is 0 Å². The SMILES string of the molecule is C.C=CC(=O)OCS(=O)(=O)O. The zero-order valence-electron chi connectivity index (χ0n) is 4.98. The second-order valence-electron chi connectivity index (χ2n) is 1.37. The first-order chi connectivity index (χ1) is 4.45. The molecule has 0 spiro atoms. The number of carbonyl (C=O) groups is 1. The summed E-state index contributed by atoms with van der Waals surface area (Å²) in [7, 11) is -4.22. The third kappa shape index (κ3) is 9.12. The van der Waals surface area contributed by atoms with Crippen LogP contribution in [0.2, 0.25) is 0 Å². The van der Waals surface area contributed by atoms with Crippen molar-refractivity contribution in [3.8, 4) is 0 Å². The Hall–Kier alpha value is -0.880. The predicted molar refractivity (Wildman–Crippen MR) is 39.4 cm³/mol. The Kier molecular flexibility index (Phi) is 5.64. The summed E-state index contributed by atoms with van der Waals surface area (Å²) in [4.78, 5) is 10.1. The van der Waals surface area contributed by atoms with Crippen LogP contribution in [0.5, 0.6) is 0 Å². The van der Waals surface area contributed by atoms with E-state index in [0.29, 0.717) is 0 Å². The minimum atomic E-state index is -4.22.